The Morgan fingerprint density at radius 3 is 2.58 bits per heavy atom. The molecule has 0 aromatic heterocycles. The number of allylic oxidation sites excluding steroid dienone is 2. The first-order valence-corrected chi connectivity index (χ1v) is 9.69. The molecular formula is C21H30O3. The van der Waals surface area contributed by atoms with Crippen LogP contribution in [0.1, 0.15) is 65.7 Å². The van der Waals surface area contributed by atoms with Gasteiger partial charge < -0.3 is 9.90 Å². The molecule has 2 unspecified atom stereocenters. The number of Topliss-reactive ketones (excluding diaryl/α,β-unsaturated/α-hetero) is 1. The highest BCUT2D eigenvalue weighted by molar-refractivity contribution is 5.88. The number of ketones is 1. The van der Waals surface area contributed by atoms with Crippen LogP contribution in [0.25, 0.3) is 0 Å². The Labute approximate surface area is 144 Å². The first-order valence-electron chi connectivity index (χ1n) is 9.69. The van der Waals surface area contributed by atoms with Gasteiger partial charge in [0.2, 0.25) is 0 Å². The van der Waals surface area contributed by atoms with Crippen LogP contribution >= 0.6 is 0 Å². The van der Waals surface area contributed by atoms with Gasteiger partial charge in [-0.05, 0) is 68.6 Å². The second-order valence-corrected chi connectivity index (χ2v) is 9.39. The van der Waals surface area contributed by atoms with Crippen LogP contribution in [0.5, 0.6) is 0 Å². The third-order valence-electron chi connectivity index (χ3n) is 8.75. The van der Waals surface area contributed by atoms with Crippen molar-refractivity contribution in [2.75, 3.05) is 0 Å². The summed E-state index contributed by atoms with van der Waals surface area (Å²) in [5, 5.41) is 10.9. The molecule has 4 aliphatic rings. The summed E-state index contributed by atoms with van der Waals surface area (Å²) in [6.45, 7) is 6.26. The zero-order valence-electron chi connectivity index (χ0n) is 15.2. The fourth-order valence-electron chi connectivity index (χ4n) is 7.01. The monoisotopic (exact) mass is 330 g/mol. The Morgan fingerprint density at radius 1 is 1.17 bits per heavy atom. The fourth-order valence-corrected chi connectivity index (χ4v) is 7.01. The smallest absolute Gasteiger partial charge is 0.139 e. The van der Waals surface area contributed by atoms with Gasteiger partial charge in [0.25, 0.3) is 0 Å². The molecule has 0 aliphatic heterocycles. The van der Waals surface area contributed by atoms with E-state index >= 15 is 0 Å². The van der Waals surface area contributed by atoms with Crippen molar-refractivity contribution in [3.63, 3.8) is 0 Å². The number of carbonyl (C=O) groups is 2. The molecule has 3 fully saturated rings. The molecule has 0 aromatic rings. The van der Waals surface area contributed by atoms with Crippen molar-refractivity contribution in [1.29, 1.82) is 0 Å². The molecule has 1 N–H and O–H groups in total. The largest absolute Gasteiger partial charge is 0.390 e. The van der Waals surface area contributed by atoms with E-state index in [4.69, 9.17) is 0 Å². The highest BCUT2D eigenvalue weighted by atomic mass is 16.3. The third-order valence-corrected chi connectivity index (χ3v) is 8.75. The molecule has 0 aromatic carbocycles. The SMILES string of the molecule is CC1C(=O)CC[C@@]2(C=O)C1=CC[C@@H]1[C@H]2CC[C@@]2(C)[C@H]1CCC2(C)O. The molecule has 3 heteroatoms. The molecule has 24 heavy (non-hydrogen) atoms. The second kappa shape index (κ2) is 5.03. The predicted molar refractivity (Wildman–Crippen MR) is 92.3 cm³/mol. The lowest BCUT2D eigenvalue weighted by atomic mass is 9.46. The van der Waals surface area contributed by atoms with Gasteiger partial charge in [0.1, 0.15) is 12.1 Å². The molecular weight excluding hydrogens is 300 g/mol. The molecule has 3 nitrogen and oxygen atoms in total. The van der Waals surface area contributed by atoms with Gasteiger partial charge in [0.15, 0.2) is 0 Å². The summed E-state index contributed by atoms with van der Waals surface area (Å²) in [6, 6.07) is 0. The number of aldehydes is 1. The van der Waals surface area contributed by atoms with Gasteiger partial charge in [0, 0.05) is 12.3 Å². The van der Waals surface area contributed by atoms with Crippen molar-refractivity contribution < 1.29 is 14.7 Å². The standard InChI is InChI=1S/C21H30O3/c1-13-15-5-4-14-16-7-10-20(3,24)19(16,2)9-6-17(14)21(15,12-22)11-8-18(13)23/h5,12-14,16-17,24H,4,6-11H2,1-3H3/t13?,14-,16-,17+,19-,20?,21+/m0/s1. The van der Waals surface area contributed by atoms with Gasteiger partial charge in [-0.15, -0.1) is 0 Å². The molecule has 7 atom stereocenters. The molecule has 0 saturated heterocycles. The fraction of sp³-hybridized carbons (Fsp3) is 0.810. The summed E-state index contributed by atoms with van der Waals surface area (Å²) in [5.74, 6) is 1.53. The van der Waals surface area contributed by atoms with Crippen LogP contribution in [0.4, 0.5) is 0 Å². The van der Waals surface area contributed by atoms with E-state index in [2.05, 4.69) is 13.0 Å². The van der Waals surface area contributed by atoms with Crippen LogP contribution in [0.15, 0.2) is 11.6 Å². The zero-order chi connectivity index (χ0) is 17.3. The number of rotatable bonds is 1. The quantitative estimate of drug-likeness (QED) is 0.589. The maximum atomic E-state index is 12.3. The Morgan fingerprint density at radius 2 is 1.88 bits per heavy atom. The maximum Gasteiger partial charge on any atom is 0.139 e. The predicted octanol–water partition coefficient (Wildman–Crippen LogP) is 3.69. The number of hydrogen-bond acceptors (Lipinski definition) is 3. The number of carbonyl (C=O) groups excluding carboxylic acids is 2. The summed E-state index contributed by atoms with van der Waals surface area (Å²) >= 11 is 0. The lowest BCUT2D eigenvalue weighted by Crippen LogP contribution is -2.55. The number of hydrogen-bond donors (Lipinski definition) is 1. The Hall–Kier alpha value is -0.960. The average molecular weight is 330 g/mol. The van der Waals surface area contributed by atoms with Gasteiger partial charge in [-0.25, -0.2) is 0 Å². The van der Waals surface area contributed by atoms with E-state index in [9.17, 15) is 14.7 Å². The van der Waals surface area contributed by atoms with Crippen LogP contribution in [0, 0.1) is 34.5 Å². The van der Waals surface area contributed by atoms with Crippen molar-refractivity contribution in [2.24, 2.45) is 34.5 Å². The topological polar surface area (TPSA) is 54.4 Å². The van der Waals surface area contributed by atoms with Gasteiger partial charge in [-0.1, -0.05) is 25.5 Å². The first-order chi connectivity index (χ1) is 11.3. The van der Waals surface area contributed by atoms with Crippen molar-refractivity contribution in [3.8, 4) is 0 Å². The van der Waals surface area contributed by atoms with Crippen LogP contribution < -0.4 is 0 Å². The Bertz CT molecular complexity index is 619. The summed E-state index contributed by atoms with van der Waals surface area (Å²) in [5.41, 5.74) is 0.0889. The van der Waals surface area contributed by atoms with Crippen LogP contribution in [-0.4, -0.2) is 22.8 Å². The van der Waals surface area contributed by atoms with E-state index in [0.717, 1.165) is 37.7 Å². The third kappa shape index (κ3) is 1.83. The average Bonchev–Trinajstić information content (AvgIpc) is 2.80. The Kier molecular flexibility index (Phi) is 3.46. The molecule has 0 spiro atoms. The molecule has 3 saturated carbocycles. The van der Waals surface area contributed by atoms with Crippen molar-refractivity contribution >= 4 is 12.1 Å². The summed E-state index contributed by atoms with van der Waals surface area (Å²) in [6.07, 6.45) is 9.58. The minimum atomic E-state index is -0.587. The Balaban J connectivity index is 1.76. The van der Waals surface area contributed by atoms with Crippen molar-refractivity contribution in [3.05, 3.63) is 11.6 Å². The van der Waals surface area contributed by atoms with Gasteiger partial charge in [-0.3, -0.25) is 4.79 Å². The van der Waals surface area contributed by atoms with Crippen molar-refractivity contribution in [1.82, 2.24) is 0 Å². The minimum absolute atomic E-state index is 0.0281. The van der Waals surface area contributed by atoms with Crippen molar-refractivity contribution in [2.45, 2.75) is 71.3 Å². The lowest BCUT2D eigenvalue weighted by molar-refractivity contribution is -0.139. The van der Waals surface area contributed by atoms with E-state index < -0.39 is 11.0 Å². The van der Waals surface area contributed by atoms with E-state index in [-0.39, 0.29) is 11.3 Å². The second-order valence-electron chi connectivity index (χ2n) is 9.39. The normalized spacial score (nSPS) is 53.7. The summed E-state index contributed by atoms with van der Waals surface area (Å²) in [4.78, 5) is 24.5. The first kappa shape index (κ1) is 16.5. The van der Waals surface area contributed by atoms with Crippen LogP contribution in [0.3, 0.4) is 0 Å². The zero-order valence-corrected chi connectivity index (χ0v) is 15.2. The highest BCUT2D eigenvalue weighted by Crippen LogP contribution is 2.66. The van der Waals surface area contributed by atoms with E-state index in [1.165, 1.54) is 6.29 Å². The summed E-state index contributed by atoms with van der Waals surface area (Å²) < 4.78 is 0. The number of aliphatic hydroxyl groups is 1. The molecule has 132 valence electrons. The van der Waals surface area contributed by atoms with E-state index in [1.807, 2.05) is 13.8 Å². The van der Waals surface area contributed by atoms with Gasteiger partial charge in [0.05, 0.1) is 11.0 Å². The van der Waals surface area contributed by atoms with Gasteiger partial charge in [-0.2, -0.15) is 0 Å². The molecule has 0 radical (unpaired) electrons. The lowest BCUT2D eigenvalue weighted by Gasteiger charge is -2.58. The molecule has 0 heterocycles. The van der Waals surface area contributed by atoms with Gasteiger partial charge >= 0.3 is 0 Å². The molecule has 4 rings (SSSR count). The summed E-state index contributed by atoms with van der Waals surface area (Å²) in [7, 11) is 0. The van der Waals surface area contributed by atoms with Crippen LogP contribution in [-0.2, 0) is 9.59 Å². The van der Waals surface area contributed by atoms with E-state index in [0.29, 0.717) is 36.4 Å². The maximum absolute atomic E-state index is 12.3. The highest BCUT2D eigenvalue weighted by Gasteiger charge is 2.63. The molecule has 4 aliphatic carbocycles. The number of fused-ring (bicyclic) bond motifs is 5. The van der Waals surface area contributed by atoms with E-state index in [1.54, 1.807) is 0 Å². The molecule has 0 amide bonds. The minimum Gasteiger partial charge on any atom is -0.390 e. The molecule has 0 bridgehead atoms. The van der Waals surface area contributed by atoms with Crippen LogP contribution in [0.2, 0.25) is 0 Å².